The van der Waals surface area contributed by atoms with E-state index in [1.54, 1.807) is 6.33 Å². The highest BCUT2D eigenvalue weighted by molar-refractivity contribution is 5.35. The van der Waals surface area contributed by atoms with Crippen molar-refractivity contribution >= 4 is 5.82 Å². The van der Waals surface area contributed by atoms with Crippen LogP contribution in [0.25, 0.3) is 0 Å². The third kappa shape index (κ3) is 3.69. The molecule has 0 amide bonds. The minimum absolute atomic E-state index is 0.466. The summed E-state index contributed by atoms with van der Waals surface area (Å²) in [6.07, 6.45) is 8.62. The topological polar surface area (TPSA) is 37.8 Å². The van der Waals surface area contributed by atoms with Gasteiger partial charge in [-0.15, -0.1) is 0 Å². The third-order valence-corrected chi connectivity index (χ3v) is 3.58. The van der Waals surface area contributed by atoms with Gasteiger partial charge in [-0.1, -0.05) is 33.1 Å². The maximum Gasteiger partial charge on any atom is 0.129 e. The minimum atomic E-state index is 0.466. The van der Waals surface area contributed by atoms with E-state index < -0.39 is 0 Å². The summed E-state index contributed by atoms with van der Waals surface area (Å²) in [5, 5.41) is 3.46. The van der Waals surface area contributed by atoms with Crippen LogP contribution in [0.5, 0.6) is 0 Å². The largest absolute Gasteiger partial charge is 0.370 e. The molecule has 1 aliphatic carbocycles. The summed E-state index contributed by atoms with van der Waals surface area (Å²) in [6, 6.07) is 2.08. The normalized spacial score (nSPS) is 17.4. The van der Waals surface area contributed by atoms with Gasteiger partial charge in [0, 0.05) is 18.3 Å². The Labute approximate surface area is 104 Å². The van der Waals surface area contributed by atoms with Crippen molar-refractivity contribution in [3.8, 4) is 0 Å². The van der Waals surface area contributed by atoms with Crippen molar-refractivity contribution in [3.63, 3.8) is 0 Å². The maximum atomic E-state index is 4.28. The van der Waals surface area contributed by atoms with E-state index in [1.807, 2.05) is 0 Å². The molecule has 1 aromatic rings. The van der Waals surface area contributed by atoms with Gasteiger partial charge in [0.15, 0.2) is 0 Å². The molecular weight excluding hydrogens is 210 g/mol. The van der Waals surface area contributed by atoms with Gasteiger partial charge in [-0.05, 0) is 24.7 Å². The lowest BCUT2D eigenvalue weighted by Crippen LogP contribution is -2.17. The molecule has 0 aromatic carbocycles. The highest BCUT2D eigenvalue weighted by Gasteiger charge is 2.13. The molecule has 0 spiro atoms. The second kappa shape index (κ2) is 5.99. The molecule has 1 saturated carbocycles. The molecule has 0 atom stereocenters. The number of anilines is 1. The van der Waals surface area contributed by atoms with Crippen molar-refractivity contribution in [2.75, 3.05) is 11.9 Å². The minimum Gasteiger partial charge on any atom is -0.370 e. The molecule has 2 rings (SSSR count). The summed E-state index contributed by atoms with van der Waals surface area (Å²) in [7, 11) is 0. The molecule has 3 heteroatoms. The van der Waals surface area contributed by atoms with E-state index in [4.69, 9.17) is 0 Å². The smallest absolute Gasteiger partial charge is 0.129 e. The number of aromatic nitrogens is 2. The van der Waals surface area contributed by atoms with Crippen molar-refractivity contribution in [1.29, 1.82) is 0 Å². The lowest BCUT2D eigenvalue weighted by Gasteiger charge is -2.22. The van der Waals surface area contributed by atoms with E-state index >= 15 is 0 Å². The average molecular weight is 233 g/mol. The molecular formula is C14H23N3. The summed E-state index contributed by atoms with van der Waals surface area (Å²) in [6.45, 7) is 5.38. The highest BCUT2D eigenvalue weighted by atomic mass is 15.0. The Morgan fingerprint density at radius 2 is 2.00 bits per heavy atom. The molecule has 1 N–H and O–H groups in total. The molecule has 0 bridgehead atoms. The SMILES string of the molecule is CC(C)c1cc(NCC2CCCCC2)ncn1. The predicted octanol–water partition coefficient (Wildman–Crippen LogP) is 3.59. The molecule has 1 aromatic heterocycles. The molecule has 94 valence electrons. The first kappa shape index (κ1) is 12.3. The van der Waals surface area contributed by atoms with Gasteiger partial charge in [-0.2, -0.15) is 0 Å². The third-order valence-electron chi connectivity index (χ3n) is 3.58. The second-order valence-corrected chi connectivity index (χ2v) is 5.37. The van der Waals surface area contributed by atoms with Gasteiger partial charge in [-0.3, -0.25) is 0 Å². The molecule has 1 aliphatic rings. The van der Waals surface area contributed by atoms with E-state index in [0.29, 0.717) is 5.92 Å². The van der Waals surface area contributed by atoms with Crippen LogP contribution in [-0.4, -0.2) is 16.5 Å². The van der Waals surface area contributed by atoms with Crippen LogP contribution >= 0.6 is 0 Å². The average Bonchev–Trinajstić information content (AvgIpc) is 2.38. The van der Waals surface area contributed by atoms with Crippen molar-refractivity contribution in [2.24, 2.45) is 5.92 Å². The van der Waals surface area contributed by atoms with Crippen LogP contribution in [0.3, 0.4) is 0 Å². The van der Waals surface area contributed by atoms with Gasteiger partial charge in [0.2, 0.25) is 0 Å². The van der Waals surface area contributed by atoms with Crippen LogP contribution in [0.4, 0.5) is 5.82 Å². The first-order valence-electron chi connectivity index (χ1n) is 6.81. The zero-order valence-electron chi connectivity index (χ0n) is 10.9. The maximum absolute atomic E-state index is 4.28. The van der Waals surface area contributed by atoms with Crippen LogP contribution in [0, 0.1) is 5.92 Å². The Balaban J connectivity index is 1.87. The number of hydrogen-bond donors (Lipinski definition) is 1. The van der Waals surface area contributed by atoms with Crippen LogP contribution in [0.15, 0.2) is 12.4 Å². The molecule has 0 unspecified atom stereocenters. The van der Waals surface area contributed by atoms with Crippen LogP contribution in [0.1, 0.15) is 57.6 Å². The number of hydrogen-bond acceptors (Lipinski definition) is 3. The Hall–Kier alpha value is -1.12. The zero-order chi connectivity index (χ0) is 12.1. The summed E-state index contributed by atoms with van der Waals surface area (Å²) < 4.78 is 0. The Morgan fingerprint density at radius 1 is 1.24 bits per heavy atom. The van der Waals surface area contributed by atoms with E-state index in [1.165, 1.54) is 32.1 Å². The van der Waals surface area contributed by atoms with E-state index in [2.05, 4.69) is 35.2 Å². The fraction of sp³-hybridized carbons (Fsp3) is 0.714. The fourth-order valence-electron chi connectivity index (χ4n) is 2.42. The zero-order valence-corrected chi connectivity index (χ0v) is 10.9. The van der Waals surface area contributed by atoms with Crippen molar-refractivity contribution < 1.29 is 0 Å². The molecule has 3 nitrogen and oxygen atoms in total. The van der Waals surface area contributed by atoms with Gasteiger partial charge < -0.3 is 5.32 Å². The van der Waals surface area contributed by atoms with Gasteiger partial charge >= 0.3 is 0 Å². The first-order chi connectivity index (χ1) is 8.25. The quantitative estimate of drug-likeness (QED) is 0.863. The molecule has 0 radical (unpaired) electrons. The molecule has 1 heterocycles. The van der Waals surface area contributed by atoms with Crippen LogP contribution in [0.2, 0.25) is 0 Å². The number of nitrogens with one attached hydrogen (secondary N) is 1. The van der Waals surface area contributed by atoms with E-state index in [9.17, 15) is 0 Å². The molecule has 17 heavy (non-hydrogen) atoms. The standard InChI is InChI=1S/C14H23N3/c1-11(2)13-8-14(17-10-16-13)15-9-12-6-4-3-5-7-12/h8,10-12H,3-7,9H2,1-2H3,(H,15,16,17). The summed E-state index contributed by atoms with van der Waals surface area (Å²) >= 11 is 0. The number of rotatable bonds is 4. The number of nitrogens with zero attached hydrogens (tertiary/aromatic N) is 2. The molecule has 0 saturated heterocycles. The van der Waals surface area contributed by atoms with Crippen molar-refractivity contribution in [1.82, 2.24) is 9.97 Å². The fourth-order valence-corrected chi connectivity index (χ4v) is 2.42. The summed E-state index contributed by atoms with van der Waals surface area (Å²) in [5.74, 6) is 2.28. The monoisotopic (exact) mass is 233 g/mol. The first-order valence-corrected chi connectivity index (χ1v) is 6.81. The summed E-state index contributed by atoms with van der Waals surface area (Å²) in [5.41, 5.74) is 1.12. The van der Waals surface area contributed by atoms with Gasteiger partial charge in [0.25, 0.3) is 0 Å². The Kier molecular flexibility index (Phi) is 4.35. The highest BCUT2D eigenvalue weighted by Crippen LogP contribution is 2.24. The van der Waals surface area contributed by atoms with Crippen LogP contribution < -0.4 is 5.32 Å². The van der Waals surface area contributed by atoms with Crippen molar-refractivity contribution in [3.05, 3.63) is 18.1 Å². The van der Waals surface area contributed by atoms with Gasteiger partial charge in [0.05, 0.1) is 0 Å². The Morgan fingerprint density at radius 3 is 2.71 bits per heavy atom. The molecule has 1 fully saturated rings. The van der Waals surface area contributed by atoms with Gasteiger partial charge in [0.1, 0.15) is 12.1 Å². The lowest BCUT2D eigenvalue weighted by atomic mass is 9.89. The van der Waals surface area contributed by atoms with Gasteiger partial charge in [-0.25, -0.2) is 9.97 Å². The summed E-state index contributed by atoms with van der Waals surface area (Å²) in [4.78, 5) is 8.57. The van der Waals surface area contributed by atoms with E-state index in [-0.39, 0.29) is 0 Å². The van der Waals surface area contributed by atoms with Crippen molar-refractivity contribution in [2.45, 2.75) is 51.9 Å². The second-order valence-electron chi connectivity index (χ2n) is 5.37. The Bertz CT molecular complexity index is 343. The van der Waals surface area contributed by atoms with Crippen LogP contribution in [-0.2, 0) is 0 Å². The lowest BCUT2D eigenvalue weighted by molar-refractivity contribution is 0.373. The predicted molar refractivity (Wildman–Crippen MR) is 71.2 cm³/mol. The molecule has 0 aliphatic heterocycles. The van der Waals surface area contributed by atoms with E-state index in [0.717, 1.165) is 24.0 Å².